The van der Waals surface area contributed by atoms with E-state index >= 15 is 0 Å². The van der Waals surface area contributed by atoms with E-state index < -0.39 is 5.92 Å². The second-order valence-electron chi connectivity index (χ2n) is 7.76. The number of hydrogen-bond acceptors (Lipinski definition) is 3. The highest BCUT2D eigenvalue weighted by molar-refractivity contribution is 6.00. The molecule has 1 atom stereocenters. The van der Waals surface area contributed by atoms with Crippen molar-refractivity contribution in [1.82, 2.24) is 0 Å². The van der Waals surface area contributed by atoms with Crippen molar-refractivity contribution < 1.29 is 14.3 Å². The lowest BCUT2D eigenvalue weighted by Crippen LogP contribution is -2.28. The van der Waals surface area contributed by atoms with Gasteiger partial charge in [-0.15, -0.1) is 0 Å². The number of esters is 1. The van der Waals surface area contributed by atoms with Gasteiger partial charge in [0.25, 0.3) is 0 Å². The van der Waals surface area contributed by atoms with E-state index in [1.807, 2.05) is 57.2 Å². The average Bonchev–Trinajstić information content (AvgIpc) is 2.96. The zero-order valence-electron chi connectivity index (χ0n) is 16.7. The Morgan fingerprint density at radius 3 is 2.41 bits per heavy atom. The van der Waals surface area contributed by atoms with Crippen molar-refractivity contribution >= 4 is 17.6 Å². The standard InChI is InChI=1S/C23H27NO3/c1-14(2)19-10-9-15(3)11-20(19)27-23(26)18-12-21(25)24(13-18)22-16(4)7-6-8-17(22)5/h6-11,14,18H,12-13H2,1-5H3/t18-/m1/s1. The summed E-state index contributed by atoms with van der Waals surface area (Å²) in [5, 5.41) is 0. The molecule has 0 saturated carbocycles. The molecule has 0 bridgehead atoms. The third kappa shape index (κ3) is 3.90. The molecule has 27 heavy (non-hydrogen) atoms. The maximum atomic E-state index is 12.8. The summed E-state index contributed by atoms with van der Waals surface area (Å²) in [4.78, 5) is 27.1. The van der Waals surface area contributed by atoms with Crippen LogP contribution < -0.4 is 9.64 Å². The molecule has 0 radical (unpaired) electrons. The number of amides is 1. The molecule has 2 aromatic rings. The van der Waals surface area contributed by atoms with Crippen LogP contribution in [0.2, 0.25) is 0 Å². The molecule has 1 aliphatic rings. The monoisotopic (exact) mass is 365 g/mol. The predicted octanol–water partition coefficient (Wildman–Crippen LogP) is 4.69. The van der Waals surface area contributed by atoms with E-state index in [2.05, 4.69) is 13.8 Å². The zero-order valence-corrected chi connectivity index (χ0v) is 16.7. The third-order valence-electron chi connectivity index (χ3n) is 5.17. The molecule has 1 amide bonds. The molecule has 3 rings (SSSR count). The van der Waals surface area contributed by atoms with Gasteiger partial charge in [-0.3, -0.25) is 9.59 Å². The van der Waals surface area contributed by atoms with E-state index in [-0.39, 0.29) is 24.2 Å². The Morgan fingerprint density at radius 2 is 1.78 bits per heavy atom. The van der Waals surface area contributed by atoms with Crippen molar-refractivity contribution in [3.05, 3.63) is 58.7 Å². The first-order valence-electron chi connectivity index (χ1n) is 9.46. The van der Waals surface area contributed by atoms with E-state index in [9.17, 15) is 9.59 Å². The van der Waals surface area contributed by atoms with Crippen LogP contribution in [-0.2, 0) is 9.59 Å². The Bertz CT molecular complexity index is 865. The highest BCUT2D eigenvalue weighted by atomic mass is 16.5. The summed E-state index contributed by atoms with van der Waals surface area (Å²) in [5.74, 6) is 0.0574. The first-order valence-corrected chi connectivity index (χ1v) is 9.46. The van der Waals surface area contributed by atoms with Gasteiger partial charge < -0.3 is 9.64 Å². The van der Waals surface area contributed by atoms with Crippen molar-refractivity contribution in [1.29, 1.82) is 0 Å². The van der Waals surface area contributed by atoms with E-state index in [0.29, 0.717) is 12.3 Å². The largest absolute Gasteiger partial charge is 0.426 e. The number of carbonyl (C=O) groups is 2. The fourth-order valence-corrected chi connectivity index (χ4v) is 3.71. The summed E-state index contributed by atoms with van der Waals surface area (Å²) >= 11 is 0. The van der Waals surface area contributed by atoms with Gasteiger partial charge in [-0.2, -0.15) is 0 Å². The molecule has 0 unspecified atom stereocenters. The van der Waals surface area contributed by atoms with E-state index in [1.54, 1.807) is 4.90 Å². The van der Waals surface area contributed by atoms with Gasteiger partial charge in [0.05, 0.1) is 5.92 Å². The normalized spacial score (nSPS) is 16.9. The smallest absolute Gasteiger partial charge is 0.316 e. The highest BCUT2D eigenvalue weighted by Gasteiger charge is 2.37. The van der Waals surface area contributed by atoms with Crippen molar-refractivity contribution in [2.75, 3.05) is 11.4 Å². The van der Waals surface area contributed by atoms with Gasteiger partial charge in [0.1, 0.15) is 5.75 Å². The lowest BCUT2D eigenvalue weighted by atomic mass is 10.0. The molecule has 0 aliphatic carbocycles. The molecule has 1 saturated heterocycles. The molecule has 1 heterocycles. The lowest BCUT2D eigenvalue weighted by Gasteiger charge is -2.21. The van der Waals surface area contributed by atoms with Gasteiger partial charge in [0.15, 0.2) is 0 Å². The summed E-state index contributed by atoms with van der Waals surface area (Å²) < 4.78 is 5.75. The molecule has 0 spiro atoms. The topological polar surface area (TPSA) is 46.6 Å². The van der Waals surface area contributed by atoms with Crippen LogP contribution in [0.25, 0.3) is 0 Å². The average molecular weight is 365 g/mol. The number of nitrogens with zero attached hydrogens (tertiary/aromatic N) is 1. The van der Waals surface area contributed by atoms with Gasteiger partial charge in [-0.05, 0) is 55.0 Å². The number of rotatable bonds is 4. The Labute approximate surface area is 161 Å². The van der Waals surface area contributed by atoms with Crippen LogP contribution >= 0.6 is 0 Å². The van der Waals surface area contributed by atoms with Crippen LogP contribution in [0.3, 0.4) is 0 Å². The maximum Gasteiger partial charge on any atom is 0.316 e. The molecule has 1 fully saturated rings. The van der Waals surface area contributed by atoms with E-state index in [1.165, 1.54) is 0 Å². The fourth-order valence-electron chi connectivity index (χ4n) is 3.71. The number of aryl methyl sites for hydroxylation is 3. The highest BCUT2D eigenvalue weighted by Crippen LogP contribution is 2.33. The predicted molar refractivity (Wildman–Crippen MR) is 107 cm³/mol. The maximum absolute atomic E-state index is 12.8. The molecule has 0 N–H and O–H groups in total. The number of anilines is 1. The number of carbonyl (C=O) groups excluding carboxylic acids is 2. The van der Waals surface area contributed by atoms with Gasteiger partial charge >= 0.3 is 5.97 Å². The summed E-state index contributed by atoms with van der Waals surface area (Å²) in [6.07, 6.45) is 0.190. The molecular weight excluding hydrogens is 338 g/mol. The third-order valence-corrected chi connectivity index (χ3v) is 5.17. The van der Waals surface area contributed by atoms with Gasteiger partial charge in [0.2, 0.25) is 5.91 Å². The van der Waals surface area contributed by atoms with Crippen molar-refractivity contribution in [3.63, 3.8) is 0 Å². The van der Waals surface area contributed by atoms with Crippen molar-refractivity contribution in [3.8, 4) is 5.75 Å². The summed E-state index contributed by atoms with van der Waals surface area (Å²) in [7, 11) is 0. The minimum atomic E-state index is -0.447. The SMILES string of the molecule is Cc1ccc(C(C)C)c(OC(=O)[C@@H]2CC(=O)N(c3c(C)cccc3C)C2)c1. The molecule has 4 nitrogen and oxygen atoms in total. The van der Waals surface area contributed by atoms with E-state index in [4.69, 9.17) is 4.74 Å². The Balaban J connectivity index is 1.80. The van der Waals surface area contributed by atoms with Crippen molar-refractivity contribution in [2.45, 2.75) is 47.0 Å². The number of ether oxygens (including phenoxy) is 1. The van der Waals surface area contributed by atoms with Gasteiger partial charge in [-0.25, -0.2) is 0 Å². The Kier molecular flexibility index (Phi) is 5.36. The fraction of sp³-hybridized carbons (Fsp3) is 0.391. The molecule has 142 valence electrons. The first-order chi connectivity index (χ1) is 12.8. The molecular formula is C23H27NO3. The first kappa shape index (κ1) is 19.2. The molecule has 4 heteroatoms. The van der Waals surface area contributed by atoms with Crippen molar-refractivity contribution in [2.24, 2.45) is 5.92 Å². The van der Waals surface area contributed by atoms with Crippen LogP contribution in [0.1, 0.15) is 48.4 Å². The zero-order chi connectivity index (χ0) is 19.7. The molecule has 1 aliphatic heterocycles. The molecule has 0 aromatic heterocycles. The summed E-state index contributed by atoms with van der Waals surface area (Å²) in [6.45, 7) is 10.5. The Morgan fingerprint density at radius 1 is 1.11 bits per heavy atom. The number of benzene rings is 2. The minimum Gasteiger partial charge on any atom is -0.426 e. The summed E-state index contributed by atoms with van der Waals surface area (Å²) in [6, 6.07) is 11.9. The van der Waals surface area contributed by atoms with Crippen LogP contribution in [0.5, 0.6) is 5.75 Å². The number of para-hydroxylation sites is 1. The van der Waals surface area contributed by atoms with Crippen LogP contribution in [-0.4, -0.2) is 18.4 Å². The minimum absolute atomic E-state index is 0.0253. The van der Waals surface area contributed by atoms with Crippen LogP contribution in [0, 0.1) is 26.7 Å². The van der Waals surface area contributed by atoms with E-state index in [0.717, 1.165) is 27.9 Å². The quantitative estimate of drug-likeness (QED) is 0.583. The summed E-state index contributed by atoms with van der Waals surface area (Å²) in [5.41, 5.74) is 5.04. The second kappa shape index (κ2) is 7.55. The Hall–Kier alpha value is -2.62. The lowest BCUT2D eigenvalue weighted by molar-refractivity contribution is -0.139. The van der Waals surface area contributed by atoms with Gasteiger partial charge in [-0.1, -0.05) is 44.2 Å². The van der Waals surface area contributed by atoms with Crippen LogP contribution in [0.15, 0.2) is 36.4 Å². The number of hydrogen-bond donors (Lipinski definition) is 0. The molecule has 2 aromatic carbocycles. The van der Waals surface area contributed by atoms with Gasteiger partial charge in [0, 0.05) is 18.7 Å². The van der Waals surface area contributed by atoms with Crippen LogP contribution in [0.4, 0.5) is 5.69 Å². The second-order valence-corrected chi connectivity index (χ2v) is 7.76.